The highest BCUT2D eigenvalue weighted by molar-refractivity contribution is 6.01. The van der Waals surface area contributed by atoms with E-state index in [1.54, 1.807) is 39.5 Å². The highest BCUT2D eigenvalue weighted by Gasteiger charge is 2.15. The van der Waals surface area contributed by atoms with Gasteiger partial charge in [0.15, 0.2) is 0 Å². The summed E-state index contributed by atoms with van der Waals surface area (Å²) in [6, 6.07) is 11.0. The zero-order chi connectivity index (χ0) is 22.2. The number of hydrazone groups is 1. The summed E-state index contributed by atoms with van der Waals surface area (Å²) in [5.41, 5.74) is 5.82. The molecule has 1 saturated heterocycles. The van der Waals surface area contributed by atoms with Crippen molar-refractivity contribution in [1.82, 2.24) is 10.3 Å². The quantitative estimate of drug-likeness (QED) is 0.514. The lowest BCUT2D eigenvalue weighted by Gasteiger charge is -2.27. The number of methoxy groups -OCH3 is 3. The summed E-state index contributed by atoms with van der Waals surface area (Å²) in [4.78, 5) is 15.0. The average Bonchev–Trinajstić information content (AvgIpc) is 2.82. The third-order valence-corrected chi connectivity index (χ3v) is 5.48. The highest BCUT2D eigenvalue weighted by atomic mass is 16.5. The molecule has 166 valence electrons. The summed E-state index contributed by atoms with van der Waals surface area (Å²) in [6.07, 6.45) is 3.78. The molecule has 1 N–H and O–H groups in total. The minimum atomic E-state index is -0.335. The molecule has 0 aromatic heterocycles. The van der Waals surface area contributed by atoms with Crippen molar-refractivity contribution in [3.8, 4) is 17.2 Å². The number of nitrogens with zero attached hydrogens (tertiary/aromatic N) is 2. The van der Waals surface area contributed by atoms with Crippen molar-refractivity contribution in [2.24, 2.45) is 5.10 Å². The van der Waals surface area contributed by atoms with E-state index in [0.29, 0.717) is 22.8 Å². The number of hydrogen-bond donors (Lipinski definition) is 1. The third kappa shape index (κ3) is 5.98. The molecule has 0 aliphatic carbocycles. The number of ether oxygens (including phenoxy) is 3. The van der Waals surface area contributed by atoms with Crippen molar-refractivity contribution < 1.29 is 19.0 Å². The predicted octanol–water partition coefficient (Wildman–Crippen LogP) is 3.85. The van der Waals surface area contributed by atoms with Crippen molar-refractivity contribution in [3.63, 3.8) is 0 Å². The summed E-state index contributed by atoms with van der Waals surface area (Å²) in [5, 5.41) is 4.31. The molecule has 1 amide bonds. The molecule has 31 heavy (non-hydrogen) atoms. The maximum absolute atomic E-state index is 12.6. The van der Waals surface area contributed by atoms with Crippen LogP contribution in [0.4, 0.5) is 0 Å². The lowest BCUT2D eigenvalue weighted by molar-refractivity contribution is 0.0954. The molecular formula is C24H31N3O4. The number of nitrogens with one attached hydrogen (secondary N) is 1. The lowest BCUT2D eigenvalue weighted by atomic mass is 10.0. The number of carbonyl (C=O) groups excluding carboxylic acids is 1. The molecule has 0 saturated carbocycles. The van der Waals surface area contributed by atoms with Gasteiger partial charge >= 0.3 is 0 Å². The molecule has 0 bridgehead atoms. The largest absolute Gasteiger partial charge is 0.497 e. The summed E-state index contributed by atoms with van der Waals surface area (Å²) in [6.45, 7) is 4.94. The van der Waals surface area contributed by atoms with Crippen LogP contribution in [0, 0.1) is 0 Å². The molecular weight excluding hydrogens is 394 g/mol. The van der Waals surface area contributed by atoms with E-state index in [1.165, 1.54) is 19.3 Å². The molecule has 1 aliphatic heterocycles. The van der Waals surface area contributed by atoms with Crippen molar-refractivity contribution >= 4 is 11.6 Å². The fourth-order valence-electron chi connectivity index (χ4n) is 3.69. The van der Waals surface area contributed by atoms with Gasteiger partial charge in [0, 0.05) is 23.7 Å². The van der Waals surface area contributed by atoms with E-state index in [4.69, 9.17) is 14.2 Å². The summed E-state index contributed by atoms with van der Waals surface area (Å²) in [7, 11) is 4.78. The van der Waals surface area contributed by atoms with Gasteiger partial charge in [0.05, 0.1) is 27.0 Å². The van der Waals surface area contributed by atoms with Gasteiger partial charge in [0.2, 0.25) is 0 Å². The van der Waals surface area contributed by atoms with Crippen molar-refractivity contribution in [2.45, 2.75) is 32.7 Å². The summed E-state index contributed by atoms with van der Waals surface area (Å²) in [5.74, 6) is 1.62. The van der Waals surface area contributed by atoms with Crippen LogP contribution >= 0.6 is 0 Å². The van der Waals surface area contributed by atoms with Gasteiger partial charge in [-0.2, -0.15) is 5.10 Å². The van der Waals surface area contributed by atoms with E-state index in [-0.39, 0.29) is 5.91 Å². The van der Waals surface area contributed by atoms with Gasteiger partial charge in [-0.15, -0.1) is 0 Å². The molecule has 2 aromatic carbocycles. The van der Waals surface area contributed by atoms with E-state index in [9.17, 15) is 4.79 Å². The second-order valence-corrected chi connectivity index (χ2v) is 7.60. The molecule has 3 rings (SSSR count). The number of hydrogen-bond acceptors (Lipinski definition) is 6. The van der Waals surface area contributed by atoms with Crippen LogP contribution in [0.15, 0.2) is 41.5 Å². The second-order valence-electron chi connectivity index (χ2n) is 7.60. The van der Waals surface area contributed by atoms with Crippen LogP contribution in [0.1, 0.15) is 47.7 Å². The van der Waals surface area contributed by atoms with Crippen LogP contribution in [0.5, 0.6) is 17.2 Å². The van der Waals surface area contributed by atoms with E-state index in [0.717, 1.165) is 36.5 Å². The van der Waals surface area contributed by atoms with Gasteiger partial charge in [-0.3, -0.25) is 9.69 Å². The Kier molecular flexibility index (Phi) is 7.89. The smallest absolute Gasteiger partial charge is 0.271 e. The molecule has 1 heterocycles. The van der Waals surface area contributed by atoms with Crippen molar-refractivity contribution in [1.29, 1.82) is 0 Å². The molecule has 0 spiro atoms. The van der Waals surface area contributed by atoms with Gasteiger partial charge in [-0.1, -0.05) is 6.42 Å². The lowest BCUT2D eigenvalue weighted by Crippen LogP contribution is -2.29. The van der Waals surface area contributed by atoms with Crippen LogP contribution in [0.2, 0.25) is 0 Å². The predicted molar refractivity (Wildman–Crippen MR) is 121 cm³/mol. The Labute approximate surface area is 184 Å². The Morgan fingerprint density at radius 1 is 0.935 bits per heavy atom. The van der Waals surface area contributed by atoms with Crippen LogP contribution < -0.4 is 19.6 Å². The Morgan fingerprint density at radius 2 is 1.61 bits per heavy atom. The number of carbonyl (C=O) groups is 1. The molecule has 7 nitrogen and oxygen atoms in total. The van der Waals surface area contributed by atoms with Crippen LogP contribution in [-0.2, 0) is 6.54 Å². The summed E-state index contributed by atoms with van der Waals surface area (Å²) < 4.78 is 16.0. The number of rotatable bonds is 8. The number of amides is 1. The van der Waals surface area contributed by atoms with Crippen molar-refractivity contribution in [2.75, 3.05) is 34.4 Å². The molecule has 0 unspecified atom stereocenters. The molecule has 0 atom stereocenters. The van der Waals surface area contributed by atoms with Crippen LogP contribution in [0.25, 0.3) is 0 Å². The summed E-state index contributed by atoms with van der Waals surface area (Å²) >= 11 is 0. The van der Waals surface area contributed by atoms with Crippen LogP contribution in [0.3, 0.4) is 0 Å². The number of piperidine rings is 1. The second kappa shape index (κ2) is 10.8. The molecule has 1 aliphatic rings. The van der Waals surface area contributed by atoms with Gasteiger partial charge < -0.3 is 14.2 Å². The molecule has 2 aromatic rings. The Hall–Kier alpha value is -3.06. The average molecular weight is 426 g/mol. The molecule has 0 radical (unpaired) electrons. The Bertz CT molecular complexity index is 914. The Balaban J connectivity index is 1.75. The van der Waals surface area contributed by atoms with E-state index < -0.39 is 0 Å². The third-order valence-electron chi connectivity index (χ3n) is 5.48. The standard InChI is InChI=1S/C24H31N3O4/c1-17(25-26-24(28)19-13-21(29-2)15-22(14-19)30-3)18-8-9-23(31-4)20(12-18)16-27-10-6-5-7-11-27/h8-9,12-15H,5-7,10-11,16H2,1-4H3,(H,26,28)/b25-17-. The van der Waals surface area contributed by atoms with Gasteiger partial charge in [0.25, 0.3) is 5.91 Å². The van der Waals surface area contributed by atoms with E-state index in [2.05, 4.69) is 21.5 Å². The monoisotopic (exact) mass is 425 g/mol. The maximum atomic E-state index is 12.6. The molecule has 1 fully saturated rings. The van der Waals surface area contributed by atoms with Gasteiger partial charge in [-0.25, -0.2) is 5.43 Å². The first-order chi connectivity index (χ1) is 15.0. The maximum Gasteiger partial charge on any atom is 0.271 e. The molecule has 7 heteroatoms. The zero-order valence-electron chi connectivity index (χ0n) is 18.7. The minimum absolute atomic E-state index is 0.335. The number of likely N-dealkylation sites (tertiary alicyclic amines) is 1. The van der Waals surface area contributed by atoms with E-state index >= 15 is 0 Å². The van der Waals surface area contributed by atoms with Crippen molar-refractivity contribution in [3.05, 3.63) is 53.1 Å². The van der Waals surface area contributed by atoms with Gasteiger partial charge in [-0.05, 0) is 68.8 Å². The number of benzene rings is 2. The van der Waals surface area contributed by atoms with Crippen LogP contribution in [-0.4, -0.2) is 50.9 Å². The topological polar surface area (TPSA) is 72.4 Å². The SMILES string of the molecule is COc1cc(OC)cc(C(=O)N/N=C(/C)c2ccc(OC)c(CN3CCCCC3)c2)c1. The first-order valence-electron chi connectivity index (χ1n) is 10.5. The Morgan fingerprint density at radius 3 is 2.23 bits per heavy atom. The van der Waals surface area contributed by atoms with Gasteiger partial charge in [0.1, 0.15) is 17.2 Å². The highest BCUT2D eigenvalue weighted by Crippen LogP contribution is 2.24. The first-order valence-corrected chi connectivity index (χ1v) is 10.5. The minimum Gasteiger partial charge on any atom is -0.497 e. The fraction of sp³-hybridized carbons (Fsp3) is 0.417. The first kappa shape index (κ1) is 22.6. The van der Waals surface area contributed by atoms with E-state index in [1.807, 2.05) is 19.1 Å². The zero-order valence-corrected chi connectivity index (χ0v) is 18.7. The fourth-order valence-corrected chi connectivity index (χ4v) is 3.69. The normalized spacial score (nSPS) is 14.8.